The van der Waals surface area contributed by atoms with Gasteiger partial charge in [0, 0.05) is 43.8 Å². The van der Waals surface area contributed by atoms with Crippen LogP contribution in [0.25, 0.3) is 77.2 Å². The topological polar surface area (TPSA) is 50.3 Å². The molecular weight excluding hydrogens is 602 g/mol. The van der Waals surface area contributed by atoms with Crippen LogP contribution in [0.3, 0.4) is 0 Å². The van der Waals surface area contributed by atoms with Crippen LogP contribution in [0.4, 0.5) is 8.78 Å². The molecule has 0 aliphatic heterocycles. The molecule has 230 valence electrons. The molecule has 2 heterocycles. The quantitative estimate of drug-likeness (QED) is 0.191. The Morgan fingerprint density at radius 2 is 0.667 bits per heavy atom. The van der Waals surface area contributed by atoms with Crippen molar-refractivity contribution < 1.29 is 19.0 Å². The molecule has 9 rings (SSSR count). The Bertz CT molecular complexity index is 2450. The van der Waals surface area contributed by atoms with Crippen LogP contribution in [0, 0.1) is 11.6 Å². The Balaban J connectivity index is 1.19. The van der Waals surface area contributed by atoms with E-state index in [4.69, 9.17) is 0 Å². The Hall–Kier alpha value is -6.40. The molecule has 0 amide bonds. The van der Waals surface area contributed by atoms with Crippen molar-refractivity contribution in [3.05, 3.63) is 157 Å². The minimum absolute atomic E-state index is 0.0929. The maximum absolute atomic E-state index is 16.6. The van der Waals surface area contributed by atoms with Gasteiger partial charge in [0.15, 0.2) is 11.6 Å². The van der Waals surface area contributed by atoms with Crippen LogP contribution >= 0.6 is 0 Å². The first-order chi connectivity index (χ1) is 23.5. The summed E-state index contributed by atoms with van der Waals surface area (Å²) in [5.41, 5.74) is 4.38. The highest BCUT2D eigenvalue weighted by Crippen LogP contribution is 2.44. The number of aromatic nitrogens is 2. The molecule has 0 unspecified atom stereocenters. The molecule has 0 saturated carbocycles. The second kappa shape index (κ2) is 10.6. The molecule has 4 nitrogen and oxygen atoms in total. The van der Waals surface area contributed by atoms with Gasteiger partial charge in [-0.1, -0.05) is 97.1 Å². The molecule has 0 fully saturated rings. The summed E-state index contributed by atoms with van der Waals surface area (Å²) in [6.07, 6.45) is 0. The SMILES string of the molecule is Oc1cc(-c2cccc(-n3c4ccccc4c4ccccc43)c2F)c(O)cc1-c1cccc(-n2c3ccccc3c3ccccc32)c1F. The van der Waals surface area contributed by atoms with Gasteiger partial charge in [-0.3, -0.25) is 0 Å². The fourth-order valence-corrected chi connectivity index (χ4v) is 7.17. The van der Waals surface area contributed by atoms with Crippen molar-refractivity contribution in [3.8, 4) is 45.1 Å². The van der Waals surface area contributed by atoms with Crippen molar-refractivity contribution in [1.29, 1.82) is 0 Å². The third-order valence-corrected chi connectivity index (χ3v) is 9.29. The van der Waals surface area contributed by atoms with Crippen molar-refractivity contribution in [1.82, 2.24) is 9.13 Å². The van der Waals surface area contributed by atoms with E-state index < -0.39 is 11.6 Å². The highest BCUT2D eigenvalue weighted by molar-refractivity contribution is 6.10. The van der Waals surface area contributed by atoms with E-state index in [1.165, 1.54) is 12.1 Å². The number of phenols is 2. The first-order valence-corrected chi connectivity index (χ1v) is 15.6. The zero-order chi connectivity index (χ0) is 32.5. The summed E-state index contributed by atoms with van der Waals surface area (Å²) < 4.78 is 36.9. The Morgan fingerprint density at radius 3 is 1.00 bits per heavy atom. The zero-order valence-corrected chi connectivity index (χ0v) is 25.4. The highest BCUT2D eigenvalue weighted by Gasteiger charge is 2.23. The Labute approximate surface area is 273 Å². The van der Waals surface area contributed by atoms with Gasteiger partial charge >= 0.3 is 0 Å². The van der Waals surface area contributed by atoms with Crippen LogP contribution < -0.4 is 0 Å². The third kappa shape index (κ3) is 3.99. The molecule has 0 saturated heterocycles. The lowest BCUT2D eigenvalue weighted by atomic mass is 9.96. The van der Waals surface area contributed by atoms with Crippen LogP contribution in [-0.4, -0.2) is 19.3 Å². The van der Waals surface area contributed by atoms with E-state index in [9.17, 15) is 10.2 Å². The number of hydrogen-bond acceptors (Lipinski definition) is 2. The fraction of sp³-hybridized carbons (Fsp3) is 0. The second-order valence-corrected chi connectivity index (χ2v) is 11.9. The monoisotopic (exact) mass is 628 g/mol. The molecule has 48 heavy (non-hydrogen) atoms. The molecule has 0 aliphatic rings. The zero-order valence-electron chi connectivity index (χ0n) is 25.4. The Morgan fingerprint density at radius 1 is 0.354 bits per heavy atom. The van der Waals surface area contributed by atoms with Crippen molar-refractivity contribution in [2.24, 2.45) is 0 Å². The Kier molecular flexibility index (Phi) is 6.14. The number of halogens is 2. The minimum Gasteiger partial charge on any atom is -0.507 e. The number of benzene rings is 7. The van der Waals surface area contributed by atoms with Crippen LogP contribution in [-0.2, 0) is 0 Å². The van der Waals surface area contributed by atoms with Crippen LogP contribution in [0.5, 0.6) is 11.5 Å². The van der Waals surface area contributed by atoms with Crippen molar-refractivity contribution >= 4 is 43.6 Å². The average Bonchev–Trinajstić information content (AvgIpc) is 3.63. The predicted molar refractivity (Wildman–Crippen MR) is 189 cm³/mol. The lowest BCUT2D eigenvalue weighted by Gasteiger charge is -2.16. The molecule has 0 bridgehead atoms. The van der Waals surface area contributed by atoms with E-state index in [1.807, 2.05) is 106 Å². The van der Waals surface area contributed by atoms with Gasteiger partial charge in [0.25, 0.3) is 0 Å². The first kappa shape index (κ1) is 27.9. The summed E-state index contributed by atoms with van der Waals surface area (Å²) in [5.74, 6) is -1.71. The van der Waals surface area contributed by atoms with Crippen molar-refractivity contribution in [2.75, 3.05) is 0 Å². The van der Waals surface area contributed by atoms with Gasteiger partial charge in [-0.05, 0) is 48.5 Å². The van der Waals surface area contributed by atoms with Gasteiger partial charge in [-0.25, -0.2) is 8.78 Å². The average molecular weight is 629 g/mol. The molecule has 9 aromatic rings. The number of para-hydroxylation sites is 4. The summed E-state index contributed by atoms with van der Waals surface area (Å²) in [4.78, 5) is 0. The van der Waals surface area contributed by atoms with E-state index in [2.05, 4.69) is 0 Å². The van der Waals surface area contributed by atoms with Gasteiger partial charge < -0.3 is 19.3 Å². The first-order valence-electron chi connectivity index (χ1n) is 15.6. The summed E-state index contributed by atoms with van der Waals surface area (Å²) in [5, 5.41) is 26.6. The minimum atomic E-state index is -0.564. The molecule has 0 spiro atoms. The standard InChI is InChI=1S/C42H26F2N2O2/c43-41-29(15-9-21-37(41)45-33-17-5-1-11-25(33)26-12-2-6-18-34(26)45)31-23-40(48)32(24-39(31)47)30-16-10-22-38(42(30)44)46-35-19-7-3-13-27(35)28-14-4-8-20-36(28)46/h1-24,47-48H. The number of nitrogens with zero attached hydrogens (tertiary/aromatic N) is 2. The number of hydrogen-bond donors (Lipinski definition) is 2. The highest BCUT2D eigenvalue weighted by atomic mass is 19.1. The van der Waals surface area contributed by atoms with Crippen LogP contribution in [0.1, 0.15) is 0 Å². The molecule has 0 aliphatic carbocycles. The van der Waals surface area contributed by atoms with Gasteiger partial charge in [-0.2, -0.15) is 0 Å². The number of phenolic OH excluding ortho intramolecular Hbond substituents is 2. The van der Waals surface area contributed by atoms with E-state index in [0.717, 1.165) is 43.6 Å². The van der Waals surface area contributed by atoms with Gasteiger partial charge in [0.05, 0.1) is 33.4 Å². The van der Waals surface area contributed by atoms with E-state index in [1.54, 1.807) is 36.4 Å². The van der Waals surface area contributed by atoms with E-state index in [-0.39, 0.29) is 33.8 Å². The summed E-state index contributed by atoms with van der Waals surface area (Å²) in [6.45, 7) is 0. The second-order valence-electron chi connectivity index (χ2n) is 11.9. The fourth-order valence-electron chi connectivity index (χ4n) is 7.17. The summed E-state index contributed by atoms with van der Waals surface area (Å²) in [6, 6.07) is 43.8. The smallest absolute Gasteiger partial charge is 0.155 e. The largest absolute Gasteiger partial charge is 0.507 e. The third-order valence-electron chi connectivity index (χ3n) is 9.29. The van der Waals surface area contributed by atoms with Crippen LogP contribution in [0.15, 0.2) is 146 Å². The van der Waals surface area contributed by atoms with Gasteiger partial charge in [0.1, 0.15) is 11.5 Å². The van der Waals surface area contributed by atoms with Gasteiger partial charge in [-0.15, -0.1) is 0 Å². The van der Waals surface area contributed by atoms with Crippen LogP contribution in [0.2, 0.25) is 0 Å². The van der Waals surface area contributed by atoms with Crippen molar-refractivity contribution in [3.63, 3.8) is 0 Å². The lowest BCUT2D eigenvalue weighted by molar-refractivity contribution is 0.462. The molecule has 0 atom stereocenters. The number of aromatic hydroxyl groups is 2. The summed E-state index contributed by atoms with van der Waals surface area (Å²) >= 11 is 0. The molecule has 0 radical (unpaired) electrons. The lowest BCUT2D eigenvalue weighted by Crippen LogP contribution is -2.00. The molecule has 6 heteroatoms. The van der Waals surface area contributed by atoms with E-state index in [0.29, 0.717) is 11.4 Å². The maximum atomic E-state index is 16.6. The number of rotatable bonds is 4. The number of fused-ring (bicyclic) bond motifs is 6. The van der Waals surface area contributed by atoms with Crippen molar-refractivity contribution in [2.45, 2.75) is 0 Å². The molecule has 2 N–H and O–H groups in total. The van der Waals surface area contributed by atoms with E-state index >= 15 is 8.78 Å². The molecule has 2 aromatic heterocycles. The molecule has 7 aromatic carbocycles. The predicted octanol–water partition coefficient (Wildman–Crippen LogP) is 10.9. The van der Waals surface area contributed by atoms with Gasteiger partial charge in [0.2, 0.25) is 0 Å². The molecular formula is C42H26F2N2O2. The summed E-state index contributed by atoms with van der Waals surface area (Å²) in [7, 11) is 0. The normalized spacial score (nSPS) is 11.7. The maximum Gasteiger partial charge on any atom is 0.155 e.